The largest absolute Gasteiger partial charge is 0.271 e. The van der Waals surface area contributed by atoms with Gasteiger partial charge in [0.25, 0.3) is 5.56 Å². The number of benzene rings is 1. The Morgan fingerprint density at radius 3 is 2.67 bits per heavy atom. The molecule has 0 fully saturated rings. The van der Waals surface area contributed by atoms with Crippen LogP contribution >= 0.6 is 22.9 Å². The van der Waals surface area contributed by atoms with E-state index in [-0.39, 0.29) is 17.7 Å². The normalized spacial score (nSPS) is 15.4. The molecule has 24 heavy (non-hydrogen) atoms. The summed E-state index contributed by atoms with van der Waals surface area (Å²) >= 11 is 7.07. The lowest BCUT2D eigenvalue weighted by molar-refractivity contribution is 0.598. The first-order valence-electron chi connectivity index (χ1n) is 7.15. The summed E-state index contributed by atoms with van der Waals surface area (Å²) in [6, 6.07) is 9.97. The summed E-state index contributed by atoms with van der Waals surface area (Å²) in [6.07, 6.45) is 0.281. The number of fused-ring (bicyclic) bond motifs is 3. The predicted octanol–water partition coefficient (Wildman–Crippen LogP) is 2.94. The van der Waals surface area contributed by atoms with Crippen LogP contribution in [0.15, 0.2) is 50.8 Å². The van der Waals surface area contributed by atoms with E-state index >= 15 is 0 Å². The van der Waals surface area contributed by atoms with Crippen LogP contribution in [0.3, 0.4) is 0 Å². The lowest BCUT2D eigenvalue weighted by Crippen LogP contribution is -2.22. The molecule has 0 bridgehead atoms. The molecule has 0 radical (unpaired) electrons. The molecule has 8 heteroatoms. The highest BCUT2D eigenvalue weighted by atomic mass is 35.5. The molecule has 1 aliphatic heterocycles. The van der Waals surface area contributed by atoms with Crippen LogP contribution in [0.4, 0.5) is 0 Å². The Morgan fingerprint density at radius 2 is 1.92 bits per heavy atom. The summed E-state index contributed by atoms with van der Waals surface area (Å²) in [5.41, 5.74) is 2.05. The molecular formula is C16H11ClN2O3S2. The SMILES string of the molecule is O=c1cc2c(nn1-c1ccc(Cl)cc1)-c1ccsc1S(=O)(=O)CC2. The van der Waals surface area contributed by atoms with E-state index in [1.54, 1.807) is 35.7 Å². The van der Waals surface area contributed by atoms with Crippen molar-refractivity contribution in [2.24, 2.45) is 0 Å². The van der Waals surface area contributed by atoms with Crippen LogP contribution in [0.2, 0.25) is 5.02 Å². The molecule has 0 saturated carbocycles. The van der Waals surface area contributed by atoms with Gasteiger partial charge in [0.1, 0.15) is 4.21 Å². The third-order valence-corrected chi connectivity index (χ3v) is 7.42. The summed E-state index contributed by atoms with van der Waals surface area (Å²) in [6.45, 7) is 0. The molecule has 0 N–H and O–H groups in total. The molecule has 0 spiro atoms. The van der Waals surface area contributed by atoms with E-state index in [1.165, 1.54) is 22.1 Å². The van der Waals surface area contributed by atoms with Gasteiger partial charge in [0, 0.05) is 16.7 Å². The third-order valence-electron chi connectivity index (χ3n) is 3.89. The number of sulfone groups is 1. The maximum absolute atomic E-state index is 12.4. The average molecular weight is 379 g/mol. The van der Waals surface area contributed by atoms with Crippen molar-refractivity contribution in [2.75, 3.05) is 5.75 Å². The van der Waals surface area contributed by atoms with Gasteiger partial charge < -0.3 is 0 Å². The molecule has 5 nitrogen and oxygen atoms in total. The van der Waals surface area contributed by atoms with E-state index in [4.69, 9.17) is 11.6 Å². The zero-order valence-electron chi connectivity index (χ0n) is 12.3. The molecule has 0 saturated heterocycles. The van der Waals surface area contributed by atoms with Crippen molar-refractivity contribution in [2.45, 2.75) is 10.6 Å². The summed E-state index contributed by atoms with van der Waals surface area (Å²) in [5.74, 6) is -0.0143. The quantitative estimate of drug-likeness (QED) is 0.652. The molecule has 3 heterocycles. The number of rotatable bonds is 1. The number of hydrogen-bond acceptors (Lipinski definition) is 5. The van der Waals surface area contributed by atoms with Gasteiger partial charge in [-0.25, -0.2) is 8.42 Å². The highest BCUT2D eigenvalue weighted by molar-refractivity contribution is 7.93. The second-order valence-electron chi connectivity index (χ2n) is 5.44. The molecule has 0 atom stereocenters. The first kappa shape index (κ1) is 15.6. The van der Waals surface area contributed by atoms with Gasteiger partial charge in [-0.15, -0.1) is 11.3 Å². The second kappa shape index (κ2) is 5.54. The van der Waals surface area contributed by atoms with Crippen LogP contribution in [-0.4, -0.2) is 24.0 Å². The smallest absolute Gasteiger partial charge is 0.267 e. The minimum atomic E-state index is -3.35. The van der Waals surface area contributed by atoms with E-state index in [0.29, 0.717) is 31.7 Å². The summed E-state index contributed by atoms with van der Waals surface area (Å²) in [7, 11) is -3.35. The van der Waals surface area contributed by atoms with E-state index in [9.17, 15) is 13.2 Å². The van der Waals surface area contributed by atoms with Crippen LogP contribution in [0.5, 0.6) is 0 Å². The molecule has 2 aromatic heterocycles. The summed E-state index contributed by atoms with van der Waals surface area (Å²) in [5, 5.41) is 6.75. The van der Waals surface area contributed by atoms with Crippen molar-refractivity contribution >= 4 is 32.8 Å². The molecular weight excluding hydrogens is 368 g/mol. The Morgan fingerprint density at radius 1 is 1.17 bits per heavy atom. The zero-order chi connectivity index (χ0) is 16.9. The van der Waals surface area contributed by atoms with E-state index in [0.717, 1.165) is 0 Å². The van der Waals surface area contributed by atoms with E-state index < -0.39 is 9.84 Å². The molecule has 0 aliphatic carbocycles. The number of nitrogens with zero attached hydrogens (tertiary/aromatic N) is 2. The molecule has 0 unspecified atom stereocenters. The van der Waals surface area contributed by atoms with Gasteiger partial charge in [-0.05, 0) is 47.7 Å². The number of thiophene rings is 1. The first-order valence-corrected chi connectivity index (χ1v) is 10.1. The fourth-order valence-electron chi connectivity index (χ4n) is 2.73. The van der Waals surface area contributed by atoms with Crippen molar-refractivity contribution < 1.29 is 8.42 Å². The van der Waals surface area contributed by atoms with Crippen LogP contribution in [0, 0.1) is 0 Å². The zero-order valence-corrected chi connectivity index (χ0v) is 14.7. The van der Waals surface area contributed by atoms with Gasteiger partial charge in [-0.3, -0.25) is 4.79 Å². The van der Waals surface area contributed by atoms with Crippen molar-refractivity contribution in [3.05, 3.63) is 62.7 Å². The van der Waals surface area contributed by atoms with Gasteiger partial charge in [0.2, 0.25) is 0 Å². The average Bonchev–Trinajstić information content (AvgIpc) is 3.01. The molecule has 122 valence electrons. The van der Waals surface area contributed by atoms with Gasteiger partial charge in [-0.1, -0.05) is 11.6 Å². The Kier molecular flexibility index (Phi) is 3.59. The predicted molar refractivity (Wildman–Crippen MR) is 93.9 cm³/mol. The van der Waals surface area contributed by atoms with Gasteiger partial charge >= 0.3 is 0 Å². The van der Waals surface area contributed by atoms with Gasteiger partial charge in [-0.2, -0.15) is 9.78 Å². The van der Waals surface area contributed by atoms with Crippen LogP contribution in [-0.2, 0) is 16.3 Å². The highest BCUT2D eigenvalue weighted by Crippen LogP contribution is 2.36. The van der Waals surface area contributed by atoms with Crippen LogP contribution in [0.25, 0.3) is 16.9 Å². The van der Waals surface area contributed by atoms with Crippen molar-refractivity contribution in [1.82, 2.24) is 9.78 Å². The maximum Gasteiger partial charge on any atom is 0.271 e. The maximum atomic E-state index is 12.4. The number of aromatic nitrogens is 2. The Bertz CT molecular complexity index is 1100. The lowest BCUT2D eigenvalue weighted by atomic mass is 10.1. The standard InChI is InChI=1S/C16H11ClN2O3S2/c17-11-1-3-12(4-2-11)19-14(20)9-10-6-8-24(21,22)16-13(5-7-23-16)15(10)18-19/h1-5,7,9H,6,8H2. The van der Waals surface area contributed by atoms with Crippen molar-refractivity contribution in [1.29, 1.82) is 0 Å². The Labute approximate surface area is 147 Å². The van der Waals surface area contributed by atoms with Crippen molar-refractivity contribution in [3.8, 4) is 16.9 Å². The fraction of sp³-hybridized carbons (Fsp3) is 0.125. The highest BCUT2D eigenvalue weighted by Gasteiger charge is 2.28. The molecule has 1 aromatic carbocycles. The number of halogens is 1. The Hall–Kier alpha value is -1.96. The minimum Gasteiger partial charge on any atom is -0.267 e. The lowest BCUT2D eigenvalue weighted by Gasteiger charge is -2.09. The van der Waals surface area contributed by atoms with Gasteiger partial charge in [0.05, 0.1) is 17.1 Å². The number of aryl methyl sites for hydroxylation is 1. The monoisotopic (exact) mass is 378 g/mol. The number of hydrogen-bond donors (Lipinski definition) is 0. The van der Waals surface area contributed by atoms with Crippen LogP contribution < -0.4 is 5.56 Å². The summed E-state index contributed by atoms with van der Waals surface area (Å²) < 4.78 is 26.4. The fourth-order valence-corrected chi connectivity index (χ4v) is 5.65. The van der Waals surface area contributed by atoms with Crippen molar-refractivity contribution in [3.63, 3.8) is 0 Å². The molecule has 0 amide bonds. The minimum absolute atomic E-state index is 0.0143. The molecule has 3 aromatic rings. The third kappa shape index (κ3) is 2.49. The van der Waals surface area contributed by atoms with E-state index in [2.05, 4.69) is 5.10 Å². The molecule has 1 aliphatic rings. The second-order valence-corrected chi connectivity index (χ2v) is 9.09. The summed E-state index contributed by atoms with van der Waals surface area (Å²) in [4.78, 5) is 12.4. The van der Waals surface area contributed by atoms with Gasteiger partial charge in [0.15, 0.2) is 9.84 Å². The molecule has 4 rings (SSSR count). The topological polar surface area (TPSA) is 69.0 Å². The Balaban J connectivity index is 1.98. The van der Waals surface area contributed by atoms with Crippen LogP contribution in [0.1, 0.15) is 5.56 Å². The first-order chi connectivity index (χ1) is 11.5. The van der Waals surface area contributed by atoms with E-state index in [1.807, 2.05) is 0 Å².